The number of carboxylic acids is 1. The molecule has 186 valence electrons. The van der Waals surface area contributed by atoms with Gasteiger partial charge in [-0.3, -0.25) is 24.1 Å². The molecular weight excluding hydrogens is 581 g/mol. The Morgan fingerprint density at radius 3 is 2.57 bits per heavy atom. The number of fused-ring (bicyclic) bond motifs is 1. The van der Waals surface area contributed by atoms with Gasteiger partial charge in [0, 0.05) is 11.5 Å². The Bertz CT molecular complexity index is 1130. The number of hydrogen-bond donors (Lipinski definition) is 4. The van der Waals surface area contributed by atoms with Crippen LogP contribution in [0.25, 0.3) is 0 Å². The van der Waals surface area contributed by atoms with Crippen LogP contribution in [0.2, 0.25) is 0 Å². The van der Waals surface area contributed by atoms with Crippen molar-refractivity contribution in [1.82, 2.24) is 25.4 Å². The monoisotopic (exact) mass is 597 g/mol. The van der Waals surface area contributed by atoms with Crippen LogP contribution in [0.5, 0.6) is 0 Å². The van der Waals surface area contributed by atoms with Gasteiger partial charge in [-0.2, -0.15) is 21.6 Å². The van der Waals surface area contributed by atoms with Crippen molar-refractivity contribution < 1.29 is 108 Å². The number of carboxylic acid groups (broad SMARTS) is 1. The van der Waals surface area contributed by atoms with E-state index >= 15 is 0 Å². The SMILES string of the molecule is O=C(CSC(F)(F)F)NC1C(=O)N2C(C(=O)O)=C(CSc3n[nH]c(CS(=O)(=O)O)n3)CS[C@H]12.[H-].[H-].[Na+].[Na+]. The van der Waals surface area contributed by atoms with Crippen molar-refractivity contribution >= 4 is 63.2 Å². The van der Waals surface area contributed by atoms with E-state index in [4.69, 9.17) is 4.55 Å². The fourth-order valence-corrected chi connectivity index (χ4v) is 6.04. The van der Waals surface area contributed by atoms with Crippen LogP contribution in [-0.2, 0) is 30.3 Å². The summed E-state index contributed by atoms with van der Waals surface area (Å²) in [6, 6.07) is -1.14. The first kappa shape index (κ1) is 33.1. The van der Waals surface area contributed by atoms with E-state index < -0.39 is 68.1 Å². The summed E-state index contributed by atoms with van der Waals surface area (Å²) < 4.78 is 67.3. The fraction of sp³-hybridized carbons (Fsp3) is 0.500. The molecule has 1 aromatic heterocycles. The van der Waals surface area contributed by atoms with Crippen LogP contribution < -0.4 is 64.4 Å². The van der Waals surface area contributed by atoms with Gasteiger partial charge in [-0.25, -0.2) is 9.78 Å². The zero-order valence-corrected chi connectivity index (χ0v) is 25.3. The summed E-state index contributed by atoms with van der Waals surface area (Å²) in [5, 5.41) is 17.2. The number of β-lactam (4-membered cyclic amide) rings is 1. The van der Waals surface area contributed by atoms with Gasteiger partial charge in [0.1, 0.15) is 28.7 Å². The number of aromatic amines is 1. The number of rotatable bonds is 9. The number of carbonyl (C=O) groups is 3. The Labute approximate surface area is 256 Å². The Balaban J connectivity index is 0. The summed E-state index contributed by atoms with van der Waals surface area (Å²) in [6.45, 7) is 0. The molecule has 0 aromatic carbocycles. The van der Waals surface area contributed by atoms with Gasteiger partial charge in [-0.05, 0) is 17.3 Å². The molecule has 2 atom stereocenters. The molecule has 0 radical (unpaired) electrons. The van der Waals surface area contributed by atoms with Crippen LogP contribution in [-0.4, -0.2) is 90.1 Å². The molecule has 1 unspecified atom stereocenters. The van der Waals surface area contributed by atoms with E-state index in [2.05, 4.69) is 20.5 Å². The third-order valence-corrected chi connectivity index (χ3v) is 7.78. The molecule has 3 heterocycles. The van der Waals surface area contributed by atoms with Crippen LogP contribution >= 0.6 is 35.3 Å². The van der Waals surface area contributed by atoms with E-state index in [1.54, 1.807) is 0 Å². The summed E-state index contributed by atoms with van der Waals surface area (Å²) in [7, 11) is -4.32. The Hall–Kier alpha value is 0.0400. The third kappa shape index (κ3) is 9.08. The number of nitrogens with zero attached hydrogens (tertiary/aromatic N) is 3. The zero-order valence-electron chi connectivity index (χ0n) is 20.0. The van der Waals surface area contributed by atoms with Crippen molar-refractivity contribution in [1.29, 1.82) is 0 Å². The van der Waals surface area contributed by atoms with Crippen LogP contribution in [0.4, 0.5) is 13.2 Å². The van der Waals surface area contributed by atoms with Gasteiger partial charge < -0.3 is 13.3 Å². The van der Waals surface area contributed by atoms with Gasteiger partial charge >= 0.3 is 70.6 Å². The van der Waals surface area contributed by atoms with E-state index in [0.717, 1.165) is 28.4 Å². The van der Waals surface area contributed by atoms with Gasteiger partial charge in [0.05, 0.1) is 5.75 Å². The molecule has 0 saturated carbocycles. The normalized spacial score (nSPS) is 19.8. The minimum Gasteiger partial charge on any atom is -1.00 e. The first-order valence-electron chi connectivity index (χ1n) is 8.64. The Morgan fingerprint density at radius 2 is 2.00 bits per heavy atom. The van der Waals surface area contributed by atoms with E-state index in [1.807, 2.05) is 0 Å². The first-order chi connectivity index (χ1) is 15.2. The number of carbonyl (C=O) groups excluding carboxylic acids is 2. The number of amides is 2. The van der Waals surface area contributed by atoms with Gasteiger partial charge in [-0.15, -0.1) is 16.9 Å². The van der Waals surface area contributed by atoms with Crippen molar-refractivity contribution in [3.05, 3.63) is 17.1 Å². The quantitative estimate of drug-likeness (QED) is 0.0919. The molecule has 1 fully saturated rings. The molecule has 1 saturated heterocycles. The van der Waals surface area contributed by atoms with Crippen LogP contribution in [0.15, 0.2) is 16.4 Å². The Kier molecular flexibility index (Phi) is 12.5. The number of halogens is 3. The van der Waals surface area contributed by atoms with Crippen LogP contribution in [0.3, 0.4) is 0 Å². The predicted molar refractivity (Wildman–Crippen MR) is 113 cm³/mol. The predicted octanol–water partition coefficient (Wildman–Crippen LogP) is -5.49. The third-order valence-electron chi connectivity index (χ3n) is 4.14. The van der Waals surface area contributed by atoms with Gasteiger partial charge in [0.25, 0.3) is 16.0 Å². The van der Waals surface area contributed by atoms with Crippen molar-refractivity contribution in [2.24, 2.45) is 0 Å². The summed E-state index contributed by atoms with van der Waals surface area (Å²) in [6.07, 6.45) is 0. The van der Waals surface area contributed by atoms with Gasteiger partial charge in [-0.1, -0.05) is 11.8 Å². The summed E-state index contributed by atoms with van der Waals surface area (Å²) in [4.78, 5) is 40.8. The summed E-state index contributed by atoms with van der Waals surface area (Å²) in [5.41, 5.74) is -4.57. The molecule has 21 heteroatoms. The molecule has 2 aliphatic heterocycles. The van der Waals surface area contributed by atoms with Crippen molar-refractivity contribution in [3.8, 4) is 0 Å². The minimum atomic E-state index is -4.60. The molecule has 1 aromatic rings. The average Bonchev–Trinajstić information content (AvgIpc) is 3.12. The molecular formula is C14H16F3N5Na2O7S4. The van der Waals surface area contributed by atoms with Crippen LogP contribution in [0.1, 0.15) is 8.68 Å². The van der Waals surface area contributed by atoms with Gasteiger partial charge in [0.15, 0.2) is 0 Å². The van der Waals surface area contributed by atoms with E-state index in [9.17, 15) is 41.1 Å². The molecule has 3 rings (SSSR count). The van der Waals surface area contributed by atoms with E-state index in [-0.39, 0.29) is 90.2 Å². The first-order valence-corrected chi connectivity index (χ1v) is 13.3. The number of aromatic nitrogens is 3. The molecule has 0 spiro atoms. The number of aliphatic carboxylic acids is 1. The second-order valence-electron chi connectivity index (χ2n) is 6.53. The number of hydrogen-bond acceptors (Lipinski definition) is 10. The molecule has 12 nitrogen and oxygen atoms in total. The maximum Gasteiger partial charge on any atom is 1.00 e. The summed E-state index contributed by atoms with van der Waals surface area (Å²) >= 11 is 1.55. The largest absolute Gasteiger partial charge is 1.00 e. The number of nitrogens with one attached hydrogen (secondary N) is 2. The van der Waals surface area contributed by atoms with E-state index in [0.29, 0.717) is 5.57 Å². The molecule has 0 aliphatic carbocycles. The Morgan fingerprint density at radius 1 is 1.34 bits per heavy atom. The topological polar surface area (TPSA) is 183 Å². The van der Waals surface area contributed by atoms with E-state index in [1.165, 1.54) is 0 Å². The van der Waals surface area contributed by atoms with Crippen molar-refractivity contribution in [2.75, 3.05) is 17.3 Å². The molecule has 35 heavy (non-hydrogen) atoms. The average molecular weight is 598 g/mol. The number of H-pyrrole nitrogens is 1. The van der Waals surface area contributed by atoms with Gasteiger partial charge in [0.2, 0.25) is 11.1 Å². The van der Waals surface area contributed by atoms with Crippen molar-refractivity contribution in [3.63, 3.8) is 0 Å². The maximum absolute atomic E-state index is 12.5. The second-order valence-corrected chi connectivity index (χ2v) is 11.1. The number of alkyl halides is 3. The smallest absolute Gasteiger partial charge is 1.00 e. The molecule has 4 N–H and O–H groups in total. The van der Waals surface area contributed by atoms with Crippen LogP contribution in [0, 0.1) is 0 Å². The zero-order chi connectivity index (χ0) is 24.6. The second kappa shape index (κ2) is 13.2. The minimum absolute atomic E-state index is 0. The number of thioether (sulfide) groups is 3. The molecule has 0 bridgehead atoms. The fourth-order valence-electron chi connectivity index (χ4n) is 2.89. The maximum atomic E-state index is 12.5. The van der Waals surface area contributed by atoms with Crippen molar-refractivity contribution in [2.45, 2.75) is 27.8 Å². The standard InChI is InChI=1S/C14H14F3N5O7S4.2Na.2H/c15-14(16,17)32-3-7(23)19-8-10(24)22-9(12(25)26)5(1-30-11(8)22)2-31-13-18-6(20-21-13)4-33(27,28)29;;;;/h8,11H,1-4H2,(H,19,23)(H,25,26)(H,18,20,21)(H,27,28,29);;;;/q;2*+1;2*-1/t8?,11-;;;;/m1..../s1. The summed E-state index contributed by atoms with van der Waals surface area (Å²) in [5.74, 6) is -4.80. The molecule has 2 aliphatic rings. The molecule has 2 amide bonds.